The van der Waals surface area contributed by atoms with Crippen molar-refractivity contribution in [2.45, 2.75) is 51.0 Å². The van der Waals surface area contributed by atoms with Gasteiger partial charge in [0.25, 0.3) is 0 Å². The van der Waals surface area contributed by atoms with Crippen LogP contribution < -0.4 is 10.6 Å². The molecule has 2 amide bonds. The van der Waals surface area contributed by atoms with Crippen LogP contribution in [-0.4, -0.2) is 35.6 Å². The molecule has 3 N–H and O–H groups in total. The Bertz CT molecular complexity index is 273. The Morgan fingerprint density at radius 2 is 1.71 bits per heavy atom. The Hall–Kier alpha value is -1.10. The van der Waals surface area contributed by atoms with Gasteiger partial charge in [0.15, 0.2) is 0 Å². The van der Waals surface area contributed by atoms with Crippen molar-refractivity contribution in [3.05, 3.63) is 0 Å². The van der Waals surface area contributed by atoms with Crippen molar-refractivity contribution in [1.29, 1.82) is 0 Å². The summed E-state index contributed by atoms with van der Waals surface area (Å²) in [5.41, 5.74) is -0.769. The highest BCUT2D eigenvalue weighted by molar-refractivity contribution is 5.96. The number of aliphatic hydroxyl groups is 1. The molecule has 1 saturated carbocycles. The second kappa shape index (κ2) is 6.59. The fourth-order valence-corrected chi connectivity index (χ4v) is 2.12. The lowest BCUT2D eigenvalue weighted by molar-refractivity contribution is -0.130. The molecular formula is C12H22N2O3. The molecule has 1 fully saturated rings. The average Bonchev–Trinajstić information content (AvgIpc) is 2.28. The standard InChI is InChI=1S/C12H22N2O3/c1-2-13-10(15)8-11(16)14-9-12(17)6-4-3-5-7-12/h17H,2-9H2,1H3,(H,13,15)(H,14,16). The third-order valence-corrected chi connectivity index (χ3v) is 3.09. The molecule has 0 saturated heterocycles. The molecule has 0 aromatic rings. The van der Waals surface area contributed by atoms with E-state index in [-0.39, 0.29) is 24.8 Å². The van der Waals surface area contributed by atoms with Crippen LogP contribution in [0.5, 0.6) is 0 Å². The lowest BCUT2D eigenvalue weighted by Crippen LogP contribution is -2.45. The predicted octanol–water partition coefficient (Wildman–Crippen LogP) is 0.324. The first-order chi connectivity index (χ1) is 8.06. The summed E-state index contributed by atoms with van der Waals surface area (Å²) in [5.74, 6) is -0.601. The van der Waals surface area contributed by atoms with E-state index in [0.717, 1.165) is 32.1 Å². The van der Waals surface area contributed by atoms with E-state index in [0.29, 0.717) is 6.54 Å². The normalized spacial score (nSPS) is 18.5. The van der Waals surface area contributed by atoms with Crippen LogP contribution in [0, 0.1) is 0 Å². The molecule has 0 bridgehead atoms. The third-order valence-electron chi connectivity index (χ3n) is 3.09. The molecule has 1 aliphatic carbocycles. The average molecular weight is 242 g/mol. The van der Waals surface area contributed by atoms with E-state index in [1.165, 1.54) is 0 Å². The van der Waals surface area contributed by atoms with E-state index >= 15 is 0 Å². The SMILES string of the molecule is CCNC(=O)CC(=O)NCC1(O)CCCCC1. The number of carbonyl (C=O) groups excluding carboxylic acids is 2. The zero-order valence-corrected chi connectivity index (χ0v) is 10.4. The summed E-state index contributed by atoms with van der Waals surface area (Å²) in [6.45, 7) is 2.59. The van der Waals surface area contributed by atoms with Crippen LogP contribution in [0.1, 0.15) is 45.4 Å². The fourth-order valence-electron chi connectivity index (χ4n) is 2.12. The maximum Gasteiger partial charge on any atom is 0.229 e. The van der Waals surface area contributed by atoms with Gasteiger partial charge in [-0.3, -0.25) is 9.59 Å². The monoisotopic (exact) mass is 242 g/mol. The van der Waals surface area contributed by atoms with E-state index in [4.69, 9.17) is 0 Å². The number of amides is 2. The highest BCUT2D eigenvalue weighted by Gasteiger charge is 2.29. The van der Waals surface area contributed by atoms with Crippen LogP contribution in [-0.2, 0) is 9.59 Å². The molecule has 1 rings (SSSR count). The molecule has 0 heterocycles. The molecule has 0 spiro atoms. The summed E-state index contributed by atoms with van der Waals surface area (Å²) in [6, 6.07) is 0. The van der Waals surface area contributed by atoms with Gasteiger partial charge in [0.1, 0.15) is 6.42 Å². The second-order valence-electron chi connectivity index (χ2n) is 4.69. The van der Waals surface area contributed by atoms with Gasteiger partial charge in [-0.1, -0.05) is 19.3 Å². The first-order valence-electron chi connectivity index (χ1n) is 6.31. The first-order valence-corrected chi connectivity index (χ1v) is 6.31. The fraction of sp³-hybridized carbons (Fsp3) is 0.833. The second-order valence-corrected chi connectivity index (χ2v) is 4.69. The van der Waals surface area contributed by atoms with Gasteiger partial charge in [-0.25, -0.2) is 0 Å². The maximum absolute atomic E-state index is 11.4. The zero-order chi connectivity index (χ0) is 12.7. The molecule has 5 heteroatoms. The number of rotatable bonds is 5. The Morgan fingerprint density at radius 1 is 1.12 bits per heavy atom. The first kappa shape index (κ1) is 14.0. The summed E-state index contributed by atoms with van der Waals surface area (Å²) >= 11 is 0. The van der Waals surface area contributed by atoms with Crippen molar-refractivity contribution in [2.75, 3.05) is 13.1 Å². The van der Waals surface area contributed by atoms with E-state index in [1.54, 1.807) is 6.92 Å². The minimum absolute atomic E-state index is 0.163. The molecule has 0 unspecified atom stereocenters. The third kappa shape index (κ3) is 5.17. The van der Waals surface area contributed by atoms with Crippen molar-refractivity contribution < 1.29 is 14.7 Å². The molecule has 0 atom stereocenters. The highest BCUT2D eigenvalue weighted by Crippen LogP contribution is 2.27. The highest BCUT2D eigenvalue weighted by atomic mass is 16.3. The van der Waals surface area contributed by atoms with Crippen LogP contribution in [0.3, 0.4) is 0 Å². The largest absolute Gasteiger partial charge is 0.388 e. The van der Waals surface area contributed by atoms with Gasteiger partial charge >= 0.3 is 0 Å². The van der Waals surface area contributed by atoms with Gasteiger partial charge in [-0.15, -0.1) is 0 Å². The van der Waals surface area contributed by atoms with Crippen LogP contribution in [0.4, 0.5) is 0 Å². The Morgan fingerprint density at radius 3 is 2.29 bits per heavy atom. The molecule has 98 valence electrons. The minimum Gasteiger partial charge on any atom is -0.388 e. The van der Waals surface area contributed by atoms with Gasteiger partial charge < -0.3 is 15.7 Å². The quantitative estimate of drug-likeness (QED) is 0.608. The van der Waals surface area contributed by atoms with E-state index in [1.807, 2.05) is 0 Å². The van der Waals surface area contributed by atoms with Gasteiger partial charge in [0.05, 0.1) is 5.60 Å². The van der Waals surface area contributed by atoms with E-state index in [9.17, 15) is 14.7 Å². The molecule has 5 nitrogen and oxygen atoms in total. The lowest BCUT2D eigenvalue weighted by atomic mass is 9.85. The van der Waals surface area contributed by atoms with Crippen molar-refractivity contribution in [1.82, 2.24) is 10.6 Å². The molecule has 0 radical (unpaired) electrons. The van der Waals surface area contributed by atoms with Crippen LogP contribution >= 0.6 is 0 Å². The van der Waals surface area contributed by atoms with E-state index in [2.05, 4.69) is 10.6 Å². The Balaban J connectivity index is 2.25. The smallest absolute Gasteiger partial charge is 0.229 e. The van der Waals surface area contributed by atoms with Crippen molar-refractivity contribution >= 4 is 11.8 Å². The molecule has 0 aromatic heterocycles. The van der Waals surface area contributed by atoms with Crippen LogP contribution in [0.15, 0.2) is 0 Å². The van der Waals surface area contributed by atoms with E-state index < -0.39 is 5.60 Å². The predicted molar refractivity (Wildman–Crippen MR) is 64.3 cm³/mol. The topological polar surface area (TPSA) is 78.4 Å². The van der Waals surface area contributed by atoms with Crippen LogP contribution in [0.2, 0.25) is 0 Å². The summed E-state index contributed by atoms with van der Waals surface area (Å²) in [5, 5.41) is 15.3. The van der Waals surface area contributed by atoms with Gasteiger partial charge in [0, 0.05) is 13.1 Å². The molecule has 17 heavy (non-hydrogen) atoms. The Kier molecular flexibility index (Phi) is 5.41. The van der Waals surface area contributed by atoms with Gasteiger partial charge in [-0.2, -0.15) is 0 Å². The van der Waals surface area contributed by atoms with Crippen LogP contribution in [0.25, 0.3) is 0 Å². The summed E-state index contributed by atoms with van der Waals surface area (Å²) in [4.78, 5) is 22.6. The minimum atomic E-state index is -0.769. The number of hydrogen-bond donors (Lipinski definition) is 3. The number of nitrogens with one attached hydrogen (secondary N) is 2. The molecule has 0 aromatic carbocycles. The lowest BCUT2D eigenvalue weighted by Gasteiger charge is -2.32. The maximum atomic E-state index is 11.4. The number of hydrogen-bond acceptors (Lipinski definition) is 3. The molecule has 1 aliphatic rings. The summed E-state index contributed by atoms with van der Waals surface area (Å²) < 4.78 is 0. The summed E-state index contributed by atoms with van der Waals surface area (Å²) in [7, 11) is 0. The Labute approximate surface area is 102 Å². The number of carbonyl (C=O) groups is 2. The zero-order valence-electron chi connectivity index (χ0n) is 10.4. The molecule has 0 aliphatic heterocycles. The van der Waals surface area contributed by atoms with Gasteiger partial charge in [-0.05, 0) is 19.8 Å². The van der Waals surface area contributed by atoms with Crippen molar-refractivity contribution in [2.24, 2.45) is 0 Å². The van der Waals surface area contributed by atoms with Crippen molar-refractivity contribution in [3.8, 4) is 0 Å². The molecular weight excluding hydrogens is 220 g/mol. The van der Waals surface area contributed by atoms with Crippen molar-refractivity contribution in [3.63, 3.8) is 0 Å². The summed E-state index contributed by atoms with van der Waals surface area (Å²) in [6.07, 6.45) is 4.45. The van der Waals surface area contributed by atoms with Gasteiger partial charge in [0.2, 0.25) is 11.8 Å².